The van der Waals surface area contributed by atoms with E-state index in [-0.39, 0.29) is 16.9 Å². The lowest BCUT2D eigenvalue weighted by Gasteiger charge is -2.17. The summed E-state index contributed by atoms with van der Waals surface area (Å²) in [5, 5.41) is 49.6. The van der Waals surface area contributed by atoms with Gasteiger partial charge < -0.3 is 40.3 Å². The topological polar surface area (TPSA) is 195 Å². The zero-order valence-corrected chi connectivity index (χ0v) is 17.7. The minimum absolute atomic E-state index is 0.00904. The third-order valence-corrected chi connectivity index (χ3v) is 3.16. The van der Waals surface area contributed by atoms with E-state index in [1.165, 1.54) is 33.8 Å². The van der Waals surface area contributed by atoms with E-state index in [9.17, 15) is 39.9 Å². The van der Waals surface area contributed by atoms with Crippen LogP contribution in [-0.4, -0.2) is 61.2 Å². The first kappa shape index (κ1) is 26.1. The normalized spacial score (nSPS) is 13.1. The first-order valence-corrected chi connectivity index (χ1v) is 8.95. The van der Waals surface area contributed by atoms with E-state index in [0.717, 1.165) is 24.5 Å². The number of aliphatic hydroxyl groups is 4. The summed E-state index contributed by atoms with van der Waals surface area (Å²) in [6.07, 6.45) is 2.09. The highest BCUT2D eigenvalue weighted by Gasteiger charge is 2.22. The van der Waals surface area contributed by atoms with Gasteiger partial charge in [0, 0.05) is 39.6 Å². The van der Waals surface area contributed by atoms with Crippen LogP contribution < -0.4 is 5.32 Å². The number of aliphatic imine (C=N–C) groups is 1. The summed E-state index contributed by atoms with van der Waals surface area (Å²) in [7, 11) is 0. The van der Waals surface area contributed by atoms with Gasteiger partial charge >= 0.3 is 17.9 Å². The molecule has 0 aliphatic heterocycles. The van der Waals surface area contributed by atoms with Crippen molar-refractivity contribution >= 4 is 35.5 Å². The average molecular weight is 452 g/mol. The number of carboxylic acids is 1. The van der Waals surface area contributed by atoms with Crippen molar-refractivity contribution in [1.82, 2.24) is 0 Å². The standard InChI is InChI=1S/C20H24N2O10/c1-19(2,29)31-17(27)12(10-23)8-21-13-5-11(16(25)26)6-14(7-13)22-9-15(24)18(28)32-20(3,4)30/h5-10,22-24,29-30H,1-4H3,(H,25,26)/b12-10?,15-9+,21-8?. The molecule has 1 aromatic rings. The molecule has 0 spiro atoms. The number of ether oxygens (including phenoxy) is 2. The summed E-state index contributed by atoms with van der Waals surface area (Å²) in [6, 6.07) is 3.61. The third-order valence-electron chi connectivity index (χ3n) is 3.16. The van der Waals surface area contributed by atoms with E-state index in [4.69, 9.17) is 0 Å². The molecule has 12 nitrogen and oxygen atoms in total. The van der Waals surface area contributed by atoms with E-state index < -0.39 is 40.8 Å². The van der Waals surface area contributed by atoms with Gasteiger partial charge in [0.25, 0.3) is 0 Å². The third kappa shape index (κ3) is 9.28. The fraction of sp³-hybridized carbons (Fsp3) is 0.300. The number of carboxylic acid groups (broad SMARTS) is 1. The maximum atomic E-state index is 11.9. The molecule has 12 heteroatoms. The molecule has 0 aromatic heterocycles. The Bertz CT molecular complexity index is 966. The van der Waals surface area contributed by atoms with Crippen LogP contribution in [0.1, 0.15) is 38.1 Å². The van der Waals surface area contributed by atoms with E-state index in [1.807, 2.05) is 0 Å². The first-order valence-electron chi connectivity index (χ1n) is 8.95. The lowest BCUT2D eigenvalue weighted by atomic mass is 10.1. The Morgan fingerprint density at radius 3 is 2.03 bits per heavy atom. The highest BCUT2D eigenvalue weighted by Crippen LogP contribution is 2.22. The fourth-order valence-electron chi connectivity index (χ4n) is 1.95. The van der Waals surface area contributed by atoms with E-state index in [0.29, 0.717) is 6.26 Å². The van der Waals surface area contributed by atoms with Crippen LogP contribution in [0, 0.1) is 0 Å². The van der Waals surface area contributed by atoms with Crippen molar-refractivity contribution in [3.05, 3.63) is 47.6 Å². The zero-order valence-electron chi connectivity index (χ0n) is 17.7. The molecule has 174 valence electrons. The maximum Gasteiger partial charge on any atom is 0.377 e. The Morgan fingerprint density at radius 2 is 1.53 bits per heavy atom. The molecule has 1 rings (SSSR count). The minimum Gasteiger partial charge on any atom is -0.515 e. The molecule has 0 saturated carbocycles. The second-order valence-electron chi connectivity index (χ2n) is 7.26. The number of benzene rings is 1. The van der Waals surface area contributed by atoms with Crippen molar-refractivity contribution in [2.45, 2.75) is 39.3 Å². The zero-order chi connectivity index (χ0) is 24.7. The number of esters is 2. The van der Waals surface area contributed by atoms with Gasteiger partial charge in [0.2, 0.25) is 17.3 Å². The molecule has 0 atom stereocenters. The molecule has 0 aliphatic carbocycles. The number of rotatable bonds is 9. The molecular weight excluding hydrogens is 428 g/mol. The van der Waals surface area contributed by atoms with Gasteiger partial charge in [0.15, 0.2) is 0 Å². The van der Waals surface area contributed by atoms with Crippen LogP contribution in [-0.2, 0) is 19.1 Å². The molecule has 0 aliphatic rings. The van der Waals surface area contributed by atoms with Crippen LogP contribution in [0.4, 0.5) is 11.4 Å². The number of nitrogens with one attached hydrogen (secondary N) is 1. The molecule has 0 bridgehead atoms. The predicted octanol–water partition coefficient (Wildman–Crippen LogP) is 1.88. The molecule has 0 heterocycles. The number of carbonyl (C=O) groups excluding carboxylic acids is 2. The van der Waals surface area contributed by atoms with Crippen LogP contribution in [0.3, 0.4) is 0 Å². The predicted molar refractivity (Wildman–Crippen MR) is 111 cm³/mol. The Morgan fingerprint density at radius 1 is 0.969 bits per heavy atom. The van der Waals surface area contributed by atoms with E-state index in [1.54, 1.807) is 0 Å². The lowest BCUT2D eigenvalue weighted by Crippen LogP contribution is -2.28. The van der Waals surface area contributed by atoms with Gasteiger partial charge in [-0.3, -0.25) is 4.99 Å². The Kier molecular flexibility index (Phi) is 8.51. The van der Waals surface area contributed by atoms with E-state index >= 15 is 0 Å². The monoisotopic (exact) mass is 452 g/mol. The molecular formula is C20H24N2O10. The van der Waals surface area contributed by atoms with Gasteiger partial charge in [-0.05, 0) is 18.2 Å². The number of anilines is 1. The molecule has 0 amide bonds. The highest BCUT2D eigenvalue weighted by atomic mass is 16.7. The van der Waals surface area contributed by atoms with Gasteiger partial charge in [-0.15, -0.1) is 0 Å². The van der Waals surface area contributed by atoms with Crippen LogP contribution in [0.25, 0.3) is 0 Å². The summed E-state index contributed by atoms with van der Waals surface area (Å²) in [5.41, 5.74) is -0.583. The fourth-order valence-corrected chi connectivity index (χ4v) is 1.95. The number of hydrogen-bond donors (Lipinski definition) is 6. The van der Waals surface area contributed by atoms with Gasteiger partial charge in [-0.1, -0.05) is 0 Å². The molecule has 0 unspecified atom stereocenters. The van der Waals surface area contributed by atoms with Gasteiger partial charge in [-0.2, -0.15) is 0 Å². The molecule has 0 radical (unpaired) electrons. The Hall–Kier alpha value is -3.90. The van der Waals surface area contributed by atoms with Crippen LogP contribution in [0.2, 0.25) is 0 Å². The van der Waals surface area contributed by atoms with Crippen molar-refractivity contribution < 1.29 is 49.4 Å². The van der Waals surface area contributed by atoms with Crippen molar-refractivity contribution in [1.29, 1.82) is 0 Å². The summed E-state index contributed by atoms with van der Waals surface area (Å²) in [5.74, 6) is -8.18. The number of aromatic carboxylic acids is 1. The summed E-state index contributed by atoms with van der Waals surface area (Å²) < 4.78 is 9.24. The van der Waals surface area contributed by atoms with Crippen molar-refractivity contribution in [2.75, 3.05) is 5.32 Å². The van der Waals surface area contributed by atoms with Gasteiger partial charge in [0.05, 0.1) is 23.7 Å². The molecule has 0 saturated heterocycles. The van der Waals surface area contributed by atoms with Crippen molar-refractivity contribution in [3.8, 4) is 0 Å². The van der Waals surface area contributed by atoms with E-state index in [2.05, 4.69) is 19.8 Å². The lowest BCUT2D eigenvalue weighted by molar-refractivity contribution is -0.193. The highest BCUT2D eigenvalue weighted by molar-refractivity contribution is 6.09. The van der Waals surface area contributed by atoms with Crippen LogP contribution in [0.5, 0.6) is 0 Å². The Labute approximate surface area is 182 Å². The second-order valence-corrected chi connectivity index (χ2v) is 7.26. The van der Waals surface area contributed by atoms with Crippen LogP contribution in [0.15, 0.2) is 47.0 Å². The molecule has 32 heavy (non-hydrogen) atoms. The summed E-state index contributed by atoms with van der Waals surface area (Å²) in [4.78, 5) is 38.8. The smallest absolute Gasteiger partial charge is 0.377 e. The SMILES string of the molecule is CC(C)(O)OC(=O)C(C=Nc1cc(N/C=C(/O)C(=O)OC(C)(C)O)cc(C(=O)O)c1)=CO. The maximum absolute atomic E-state index is 11.9. The largest absolute Gasteiger partial charge is 0.515 e. The number of hydrogen-bond acceptors (Lipinski definition) is 11. The average Bonchev–Trinajstić information content (AvgIpc) is 2.63. The number of aliphatic hydroxyl groups excluding tert-OH is 2. The molecule has 6 N–H and O–H groups in total. The number of nitrogens with zero attached hydrogens (tertiary/aromatic N) is 1. The van der Waals surface area contributed by atoms with Gasteiger partial charge in [0.1, 0.15) is 5.57 Å². The molecule has 1 aromatic carbocycles. The quantitative estimate of drug-likeness (QED) is 0.105. The summed E-state index contributed by atoms with van der Waals surface area (Å²) >= 11 is 0. The first-order chi connectivity index (χ1) is 14.6. The van der Waals surface area contributed by atoms with Crippen LogP contribution >= 0.6 is 0 Å². The minimum atomic E-state index is -1.83. The van der Waals surface area contributed by atoms with Crippen molar-refractivity contribution in [2.24, 2.45) is 4.99 Å². The van der Waals surface area contributed by atoms with Gasteiger partial charge in [-0.25, -0.2) is 14.4 Å². The second kappa shape index (κ2) is 10.4. The Balaban J connectivity index is 3.14. The van der Waals surface area contributed by atoms with Crippen molar-refractivity contribution in [3.63, 3.8) is 0 Å². The summed E-state index contributed by atoms with van der Waals surface area (Å²) in [6.45, 7) is 4.76. The molecule has 0 fully saturated rings. The number of carbonyl (C=O) groups is 3.